The minimum absolute atomic E-state index is 0.0908. The van der Waals surface area contributed by atoms with E-state index < -0.39 is 12.0 Å². The molecule has 3 N–H and O–H groups in total. The monoisotopic (exact) mass is 589 g/mol. The number of carboxylic acid groups (broad SMARTS) is 1. The molecule has 1 heterocycles. The van der Waals surface area contributed by atoms with Crippen molar-refractivity contribution in [1.29, 1.82) is 0 Å². The number of hydrogen-bond acceptors (Lipinski definition) is 4. The minimum atomic E-state index is -1.04. The number of carbonyl (C=O) groups is 3. The zero-order valence-corrected chi connectivity index (χ0v) is 26.0. The molecule has 1 aromatic rings. The summed E-state index contributed by atoms with van der Waals surface area (Å²) in [7, 11) is 0. The third-order valence-corrected chi connectivity index (χ3v) is 6.36. The van der Waals surface area contributed by atoms with Gasteiger partial charge >= 0.3 is 5.97 Å². The third-order valence-electron chi connectivity index (χ3n) is 6.36. The highest BCUT2D eigenvalue weighted by Crippen LogP contribution is 2.05. The summed E-state index contributed by atoms with van der Waals surface area (Å²) < 4.78 is 0. The van der Waals surface area contributed by atoms with Crippen LogP contribution in [-0.4, -0.2) is 40.5 Å². The Balaban J connectivity index is 2.10. The van der Waals surface area contributed by atoms with E-state index >= 15 is 0 Å². The van der Waals surface area contributed by atoms with E-state index in [1.165, 1.54) is 0 Å². The highest BCUT2D eigenvalue weighted by molar-refractivity contribution is 5.83. The van der Waals surface area contributed by atoms with Crippen LogP contribution in [0.1, 0.15) is 95.2 Å². The summed E-state index contributed by atoms with van der Waals surface area (Å²) in [5.41, 5.74) is 1.88. The molecule has 0 aromatic carbocycles. The van der Waals surface area contributed by atoms with E-state index in [0.29, 0.717) is 38.6 Å². The molecule has 0 spiro atoms. The molecule has 7 heteroatoms. The maximum atomic E-state index is 12.2. The molecule has 43 heavy (non-hydrogen) atoms. The van der Waals surface area contributed by atoms with E-state index in [1.807, 2.05) is 25.1 Å². The molecule has 0 unspecified atom stereocenters. The number of pyridine rings is 1. The highest BCUT2D eigenvalue weighted by atomic mass is 16.4. The van der Waals surface area contributed by atoms with Gasteiger partial charge in [-0.25, -0.2) is 4.79 Å². The maximum absolute atomic E-state index is 12.2. The Morgan fingerprint density at radius 1 is 0.814 bits per heavy atom. The van der Waals surface area contributed by atoms with Gasteiger partial charge in [-0.15, -0.1) is 0 Å². The smallest absolute Gasteiger partial charge is 0.326 e. The predicted molar refractivity (Wildman–Crippen MR) is 177 cm³/mol. The lowest BCUT2D eigenvalue weighted by atomic mass is 10.1. The van der Waals surface area contributed by atoms with Crippen LogP contribution in [0.4, 0.5) is 0 Å². The summed E-state index contributed by atoms with van der Waals surface area (Å²) in [6.45, 7) is 4.52. The Morgan fingerprint density at radius 2 is 1.44 bits per heavy atom. The molecule has 0 bridgehead atoms. The number of aryl methyl sites for hydroxylation is 1. The van der Waals surface area contributed by atoms with E-state index in [2.05, 4.69) is 83.3 Å². The summed E-state index contributed by atoms with van der Waals surface area (Å²) in [5, 5.41) is 14.9. The van der Waals surface area contributed by atoms with E-state index in [1.54, 1.807) is 12.3 Å². The van der Waals surface area contributed by atoms with Gasteiger partial charge in [0, 0.05) is 31.3 Å². The number of rotatable bonds is 23. The van der Waals surface area contributed by atoms with Crippen molar-refractivity contribution < 1.29 is 19.5 Å². The molecule has 2 amide bonds. The third kappa shape index (κ3) is 22.3. The number of hydrogen-bond donors (Lipinski definition) is 3. The average molecular weight is 590 g/mol. The average Bonchev–Trinajstić information content (AvgIpc) is 2.98. The van der Waals surface area contributed by atoms with E-state index in [0.717, 1.165) is 49.8 Å². The van der Waals surface area contributed by atoms with Crippen LogP contribution in [0, 0.1) is 6.92 Å². The minimum Gasteiger partial charge on any atom is -0.480 e. The van der Waals surface area contributed by atoms with Crippen molar-refractivity contribution in [2.75, 3.05) is 6.54 Å². The van der Waals surface area contributed by atoms with Gasteiger partial charge in [-0.05, 0) is 82.8 Å². The van der Waals surface area contributed by atoms with E-state index in [4.69, 9.17) is 0 Å². The van der Waals surface area contributed by atoms with Crippen LogP contribution in [0.5, 0.6) is 0 Å². The highest BCUT2D eigenvalue weighted by Gasteiger charge is 2.19. The Labute approximate surface area is 258 Å². The summed E-state index contributed by atoms with van der Waals surface area (Å²) >= 11 is 0. The fraction of sp³-hybridized carbons (Fsp3) is 0.444. The summed E-state index contributed by atoms with van der Waals surface area (Å²) in [6, 6.07) is 2.95. The molecule has 234 valence electrons. The lowest BCUT2D eigenvalue weighted by Gasteiger charge is -2.14. The molecule has 0 aliphatic heterocycles. The molecular weight excluding hydrogens is 538 g/mol. The fourth-order valence-electron chi connectivity index (χ4n) is 3.93. The van der Waals surface area contributed by atoms with E-state index in [-0.39, 0.29) is 18.2 Å². The van der Waals surface area contributed by atoms with Gasteiger partial charge in [0.25, 0.3) is 0 Å². The molecule has 1 atom stereocenters. The molecule has 0 aliphatic rings. The van der Waals surface area contributed by atoms with Crippen molar-refractivity contribution in [2.45, 2.75) is 96.9 Å². The predicted octanol–water partition coefficient (Wildman–Crippen LogP) is 7.57. The van der Waals surface area contributed by atoms with Gasteiger partial charge in [-0.2, -0.15) is 0 Å². The molecule has 1 aromatic heterocycles. The first-order valence-corrected chi connectivity index (χ1v) is 15.5. The van der Waals surface area contributed by atoms with Crippen molar-refractivity contribution in [3.05, 3.63) is 96.4 Å². The molecule has 1 rings (SSSR count). The molecule has 0 radical (unpaired) electrons. The first-order chi connectivity index (χ1) is 20.9. The number of carbonyl (C=O) groups excluding carboxylic acids is 2. The number of aliphatic carboxylic acids is 1. The molecule has 7 nitrogen and oxygen atoms in total. The van der Waals surface area contributed by atoms with Gasteiger partial charge in [-0.1, -0.05) is 85.9 Å². The van der Waals surface area contributed by atoms with Crippen molar-refractivity contribution in [1.82, 2.24) is 15.6 Å². The fourth-order valence-corrected chi connectivity index (χ4v) is 3.93. The van der Waals surface area contributed by atoms with Crippen molar-refractivity contribution in [3.63, 3.8) is 0 Å². The van der Waals surface area contributed by atoms with Crippen LogP contribution in [0.3, 0.4) is 0 Å². The first-order valence-electron chi connectivity index (χ1n) is 15.5. The summed E-state index contributed by atoms with van der Waals surface area (Å²) in [4.78, 5) is 40.0. The number of nitrogens with zero attached hydrogens (tertiary/aromatic N) is 1. The lowest BCUT2D eigenvalue weighted by Crippen LogP contribution is -2.40. The number of nitrogens with one attached hydrogen (secondary N) is 2. The molecule has 0 saturated carbocycles. The second-order valence-corrected chi connectivity index (χ2v) is 10.2. The van der Waals surface area contributed by atoms with Crippen LogP contribution >= 0.6 is 0 Å². The van der Waals surface area contributed by atoms with Crippen LogP contribution in [0.25, 0.3) is 6.08 Å². The Hall–Kier alpha value is -4.00. The molecule has 0 aliphatic carbocycles. The van der Waals surface area contributed by atoms with Gasteiger partial charge in [-0.3, -0.25) is 14.6 Å². The van der Waals surface area contributed by atoms with Gasteiger partial charge in [0.1, 0.15) is 6.04 Å². The van der Waals surface area contributed by atoms with Gasteiger partial charge in [0.15, 0.2) is 0 Å². The molecule has 0 fully saturated rings. The Kier molecular flexibility index (Phi) is 22.1. The zero-order chi connectivity index (χ0) is 31.4. The lowest BCUT2D eigenvalue weighted by molar-refractivity contribution is -0.142. The van der Waals surface area contributed by atoms with Crippen molar-refractivity contribution in [3.8, 4) is 0 Å². The quantitative estimate of drug-likeness (QED) is 0.0901. The second kappa shape index (κ2) is 25.7. The standard InChI is InChI=1S/C36H51N3O4/c1-3-4-5-6-7-8-9-10-11-12-13-14-15-16-17-18-19-25-35(41)39-33(36(42)43)24-20-21-29-37-34(40)26-22-23-32-28-27-31(2)38-30-32/h4-5,7-8,10-11,13-14,16-17,22-23,27-28,30,33H,3,6,9,12,15,18-21,24-26,29H2,1-2H3,(H,37,40)(H,39,41)(H,42,43)/b5-4-,8-7-,11-10-,14-13-,17-16-,23-22+/t33-/m0/s1. The van der Waals surface area contributed by atoms with Crippen LogP contribution in [0.15, 0.2) is 85.2 Å². The normalized spacial score (nSPS) is 12.9. The first kappa shape index (κ1) is 37.0. The largest absolute Gasteiger partial charge is 0.480 e. The summed E-state index contributed by atoms with van der Waals surface area (Å²) in [6.07, 6.45) is 35.3. The van der Waals surface area contributed by atoms with Gasteiger partial charge < -0.3 is 15.7 Å². The van der Waals surface area contributed by atoms with Gasteiger partial charge in [0.05, 0.1) is 0 Å². The van der Waals surface area contributed by atoms with E-state index in [9.17, 15) is 19.5 Å². The molecular formula is C36H51N3O4. The Bertz CT molecular complexity index is 1100. The van der Waals surface area contributed by atoms with Gasteiger partial charge in [0.2, 0.25) is 11.8 Å². The number of carboxylic acids is 1. The van der Waals surface area contributed by atoms with Crippen molar-refractivity contribution in [2.24, 2.45) is 0 Å². The van der Waals surface area contributed by atoms with Crippen molar-refractivity contribution >= 4 is 23.9 Å². The van der Waals surface area contributed by atoms with Crippen LogP contribution in [0.2, 0.25) is 0 Å². The number of unbranched alkanes of at least 4 members (excludes halogenated alkanes) is 2. The van der Waals surface area contributed by atoms with Crippen LogP contribution in [-0.2, 0) is 14.4 Å². The topological polar surface area (TPSA) is 108 Å². The number of amides is 2. The zero-order valence-electron chi connectivity index (χ0n) is 26.0. The summed E-state index contributed by atoms with van der Waals surface area (Å²) in [5.74, 6) is -1.37. The molecule has 0 saturated heterocycles. The second-order valence-electron chi connectivity index (χ2n) is 10.2. The number of aromatic nitrogens is 1. The maximum Gasteiger partial charge on any atom is 0.326 e. The van der Waals surface area contributed by atoms with Crippen LogP contribution < -0.4 is 10.6 Å². The Morgan fingerprint density at radius 3 is 2.02 bits per heavy atom. The number of allylic oxidation sites excluding steroid dienone is 10. The SMILES string of the molecule is CC/C=C\C/C=C\C/C=C\C/C=C\C/C=C\CCCC(=O)N[C@@H](CCCCNC(=O)C/C=C/c1ccc(C)nc1)C(=O)O.